The monoisotopic (exact) mass is 674 g/mol. The summed E-state index contributed by atoms with van der Waals surface area (Å²) in [5.41, 5.74) is 2.71. The van der Waals surface area contributed by atoms with E-state index in [1.54, 1.807) is 25.3 Å². The van der Waals surface area contributed by atoms with Gasteiger partial charge in [-0.2, -0.15) is 0 Å². The molecule has 0 radical (unpaired) electrons. The van der Waals surface area contributed by atoms with Gasteiger partial charge in [0, 0.05) is 36.3 Å². The molecule has 0 aromatic heterocycles. The summed E-state index contributed by atoms with van der Waals surface area (Å²) in [4.78, 5) is 44.5. The molecule has 0 aliphatic heterocycles. The predicted octanol–water partition coefficient (Wildman–Crippen LogP) is 3.49. The number of carbonyl (C=O) groups excluding carboxylic acids is 3. The summed E-state index contributed by atoms with van der Waals surface area (Å²) in [6, 6.07) is 15.3. The maximum absolute atomic E-state index is 13.6. The van der Waals surface area contributed by atoms with Gasteiger partial charge in [-0.05, 0) is 67.9 Å². The summed E-state index contributed by atoms with van der Waals surface area (Å²) in [5, 5.41) is 15.7. The van der Waals surface area contributed by atoms with Gasteiger partial charge >= 0.3 is 0 Å². The van der Waals surface area contributed by atoms with Crippen LogP contribution >= 0.6 is 12.6 Å². The van der Waals surface area contributed by atoms with E-state index in [1.165, 1.54) is 49.8 Å². The lowest BCUT2D eigenvalue weighted by Crippen LogP contribution is -2.42. The van der Waals surface area contributed by atoms with Crippen LogP contribution in [0.5, 0.6) is 11.5 Å². The van der Waals surface area contributed by atoms with E-state index < -0.39 is 33.2 Å². The van der Waals surface area contributed by atoms with Crippen LogP contribution < -0.4 is 20.1 Å². The largest absolute Gasteiger partial charge is 0.496 e. The number of nitro groups is 1. The van der Waals surface area contributed by atoms with Crippen molar-refractivity contribution in [3.05, 3.63) is 81.9 Å². The Morgan fingerprint density at radius 3 is 2.09 bits per heavy atom. The van der Waals surface area contributed by atoms with Crippen LogP contribution in [0.15, 0.2) is 65.6 Å². The second-order valence-corrected chi connectivity index (χ2v) is 11.9. The van der Waals surface area contributed by atoms with Crippen molar-refractivity contribution in [1.29, 1.82) is 0 Å². The highest BCUT2D eigenvalue weighted by Crippen LogP contribution is 2.40. The second kappa shape index (κ2) is 18.6. The van der Waals surface area contributed by atoms with Crippen molar-refractivity contribution in [3.63, 3.8) is 0 Å². The van der Waals surface area contributed by atoms with Gasteiger partial charge in [0.1, 0.15) is 33.9 Å². The van der Waals surface area contributed by atoms with Gasteiger partial charge in [0.15, 0.2) is 6.29 Å². The summed E-state index contributed by atoms with van der Waals surface area (Å²) in [7, 11) is 5.87. The van der Waals surface area contributed by atoms with Crippen molar-refractivity contribution in [1.82, 2.24) is 14.9 Å². The number of nitro benzene ring substituents is 1. The molecule has 0 fully saturated rings. The molecule has 248 valence electrons. The number of likely N-dealkylation sites (N-methyl/N-ethyl adjacent to an activating group) is 2. The Morgan fingerprint density at radius 1 is 1.02 bits per heavy atom. The first-order valence-corrected chi connectivity index (χ1v) is 15.4. The van der Waals surface area contributed by atoms with Crippen molar-refractivity contribution in [2.24, 2.45) is 0 Å². The highest BCUT2D eigenvalue weighted by molar-refractivity contribution is 7.82. The molecule has 0 aliphatic rings. The number of benzene rings is 3. The second-order valence-electron chi connectivity index (χ2n) is 9.76. The van der Waals surface area contributed by atoms with Crippen molar-refractivity contribution in [3.8, 4) is 22.6 Å². The number of rotatable bonds is 15. The summed E-state index contributed by atoms with van der Waals surface area (Å²) in [5.74, 6) is 0.486. The minimum absolute atomic E-state index is 0.156. The first-order chi connectivity index (χ1) is 21.9. The molecule has 2 N–H and O–H groups in total. The van der Waals surface area contributed by atoms with Crippen molar-refractivity contribution in [2.75, 3.05) is 35.4 Å². The zero-order valence-corrected chi connectivity index (χ0v) is 28.0. The van der Waals surface area contributed by atoms with E-state index in [0.717, 1.165) is 17.5 Å². The van der Waals surface area contributed by atoms with E-state index in [-0.39, 0.29) is 16.6 Å². The number of hydrogen-bond donors (Lipinski definition) is 3. The molecule has 0 saturated carbocycles. The summed E-state index contributed by atoms with van der Waals surface area (Å²) in [6.07, 6.45) is 1.22. The first kappa shape index (κ1) is 37.9. The number of methoxy groups -OCH3 is 3. The van der Waals surface area contributed by atoms with Crippen LogP contribution in [0.2, 0.25) is 0 Å². The Balaban J connectivity index is 0.00000173. The highest BCUT2D eigenvalue weighted by atomic mass is 32.2. The van der Waals surface area contributed by atoms with Crippen LogP contribution in [0.1, 0.15) is 24.1 Å². The van der Waals surface area contributed by atoms with Gasteiger partial charge in [-0.1, -0.05) is 12.1 Å². The number of thiol groups is 1. The standard InChI is InChI=1S/C29H34N4O7S2.C2H4O2/c1-18(30-2)14-19-6-12-25(39-4)23(15-19)24-16-20(7-13-26(24)40-5)28(29(35)31-27(41)17-34)32(3)42(38)22-10-8-21(9-11-22)33(36)37;1-4-2-3/h6-13,15-18,27-28,30,41H,14H2,1-5H3,(H,31,35);2H,1H3/t18?,27-,28?,42?;/m0./s1. The third-order valence-electron chi connectivity index (χ3n) is 6.77. The lowest BCUT2D eigenvalue weighted by atomic mass is 9.95. The summed E-state index contributed by atoms with van der Waals surface area (Å²) in [6.45, 7) is 2.45. The van der Waals surface area contributed by atoms with E-state index >= 15 is 0 Å². The highest BCUT2D eigenvalue weighted by Gasteiger charge is 2.31. The van der Waals surface area contributed by atoms with Gasteiger partial charge in [0.2, 0.25) is 5.91 Å². The van der Waals surface area contributed by atoms with E-state index in [2.05, 4.69) is 34.9 Å². The average Bonchev–Trinajstić information content (AvgIpc) is 3.07. The van der Waals surface area contributed by atoms with Crippen molar-refractivity contribution in [2.45, 2.75) is 35.7 Å². The minimum atomic E-state index is -1.92. The number of nitrogens with zero attached hydrogens (tertiary/aromatic N) is 2. The van der Waals surface area contributed by atoms with Crippen LogP contribution in [-0.2, 0) is 36.5 Å². The fourth-order valence-corrected chi connectivity index (χ4v) is 5.62. The van der Waals surface area contributed by atoms with Gasteiger partial charge < -0.3 is 29.6 Å². The molecule has 4 atom stereocenters. The number of hydrogen-bond acceptors (Lipinski definition) is 11. The van der Waals surface area contributed by atoms with Gasteiger partial charge in [-0.25, -0.2) is 8.51 Å². The molecule has 13 nitrogen and oxygen atoms in total. The van der Waals surface area contributed by atoms with Gasteiger partial charge in [0.05, 0.1) is 31.1 Å². The molecular formula is C31H38N4O9S2. The van der Waals surface area contributed by atoms with Crippen LogP contribution in [0.4, 0.5) is 5.69 Å². The third kappa shape index (κ3) is 10.1. The molecule has 3 unspecified atom stereocenters. The molecule has 3 aromatic rings. The molecule has 46 heavy (non-hydrogen) atoms. The number of carbonyl (C=O) groups is 3. The SMILES string of the molecule is CNC(C)Cc1ccc(OC)c(-c2cc(C(C(=O)N[C@@H](S)C=O)N(C)S(=O)c3ccc([N+](=O)[O-])cc3)ccc2OC)c1.COC=O. The number of ether oxygens (including phenoxy) is 3. The maximum Gasteiger partial charge on any atom is 0.292 e. The quantitative estimate of drug-likeness (QED) is 0.0714. The normalized spacial score (nSPS) is 13.2. The predicted molar refractivity (Wildman–Crippen MR) is 177 cm³/mol. The molecule has 0 aliphatic carbocycles. The van der Waals surface area contributed by atoms with Crippen LogP contribution in [-0.4, -0.2) is 78.9 Å². The zero-order chi connectivity index (χ0) is 34.4. The molecule has 0 bridgehead atoms. The van der Waals surface area contributed by atoms with E-state index in [0.29, 0.717) is 35.4 Å². The number of nitrogens with one attached hydrogen (secondary N) is 2. The fourth-order valence-electron chi connectivity index (χ4n) is 4.39. The summed E-state index contributed by atoms with van der Waals surface area (Å²) < 4.78 is 30.1. The topological polar surface area (TPSA) is 166 Å². The van der Waals surface area contributed by atoms with E-state index in [1.807, 2.05) is 25.2 Å². The molecule has 0 saturated heterocycles. The van der Waals surface area contributed by atoms with Crippen LogP contribution in [0, 0.1) is 10.1 Å². The molecule has 0 heterocycles. The maximum atomic E-state index is 13.6. The molecule has 15 heteroatoms. The average molecular weight is 675 g/mol. The smallest absolute Gasteiger partial charge is 0.292 e. The number of aldehydes is 1. The molecule has 1 amide bonds. The van der Waals surface area contributed by atoms with Gasteiger partial charge in [0.25, 0.3) is 12.2 Å². The number of amides is 1. The Morgan fingerprint density at radius 2 is 1.59 bits per heavy atom. The molecular weight excluding hydrogens is 636 g/mol. The van der Waals surface area contributed by atoms with Crippen LogP contribution in [0.3, 0.4) is 0 Å². The Hall–Kier alpha value is -4.31. The molecule has 0 spiro atoms. The lowest BCUT2D eigenvalue weighted by Gasteiger charge is -2.28. The third-order valence-corrected chi connectivity index (χ3v) is 8.43. The molecule has 3 rings (SSSR count). The number of non-ortho nitro benzene ring substituents is 1. The fraction of sp³-hybridized carbons (Fsp3) is 0.323. The Kier molecular flexibility index (Phi) is 15.3. The lowest BCUT2D eigenvalue weighted by molar-refractivity contribution is -0.384. The Labute approximate surface area is 275 Å². The van der Waals surface area contributed by atoms with E-state index in [9.17, 15) is 23.9 Å². The van der Waals surface area contributed by atoms with E-state index in [4.69, 9.17) is 14.3 Å². The Bertz CT molecular complexity index is 1520. The first-order valence-electron chi connectivity index (χ1n) is 13.8. The van der Waals surface area contributed by atoms with Gasteiger partial charge in [-0.3, -0.25) is 19.7 Å². The van der Waals surface area contributed by atoms with Crippen molar-refractivity contribution < 1.29 is 37.7 Å². The summed E-state index contributed by atoms with van der Waals surface area (Å²) >= 11 is 4.08. The zero-order valence-electron chi connectivity index (χ0n) is 26.3. The van der Waals surface area contributed by atoms with Crippen molar-refractivity contribution >= 4 is 48.0 Å². The van der Waals surface area contributed by atoms with Crippen LogP contribution in [0.25, 0.3) is 11.1 Å². The van der Waals surface area contributed by atoms with Gasteiger partial charge in [-0.15, -0.1) is 12.6 Å². The molecule has 3 aromatic carbocycles. The minimum Gasteiger partial charge on any atom is -0.496 e.